The second-order valence-corrected chi connectivity index (χ2v) is 11.2. The van der Waals surface area contributed by atoms with E-state index in [1.54, 1.807) is 0 Å². The van der Waals surface area contributed by atoms with E-state index < -0.39 is 41.6 Å². The Kier molecular flexibility index (Phi) is 23.2. The third kappa shape index (κ3) is 15.6. The maximum absolute atomic E-state index is 10.2. The first-order valence-corrected chi connectivity index (χ1v) is 11.1. The van der Waals surface area contributed by atoms with Crippen molar-refractivity contribution in [2.45, 2.75) is 11.2 Å². The summed E-state index contributed by atoms with van der Waals surface area (Å²) in [7, 11) is -21.7. The number of aliphatic hydroxyl groups is 2. The molecule has 25 heavy (non-hydrogen) atoms. The maximum Gasteiger partial charge on any atom is 2.00 e. The summed E-state index contributed by atoms with van der Waals surface area (Å²) in [6.45, 7) is 0. The van der Waals surface area contributed by atoms with E-state index in [2.05, 4.69) is 31.9 Å². The fraction of sp³-hybridized carbons (Fsp3) is 1.00. The second kappa shape index (κ2) is 15.0. The Morgan fingerprint density at radius 2 is 0.800 bits per heavy atom. The summed E-state index contributed by atoms with van der Waals surface area (Å²) in [4.78, 5) is 59.8. The van der Waals surface area contributed by atoms with Crippen molar-refractivity contribution in [3.63, 3.8) is 0 Å². The fourth-order valence-corrected chi connectivity index (χ4v) is 4.40. The average molecular weight is 766 g/mol. The Balaban J connectivity index is -0.0000000952. The number of aliphatic hydroxyl groups excluding tert-OH is 2. The van der Waals surface area contributed by atoms with Crippen LogP contribution in [0.3, 0.4) is 0 Å². The minimum atomic E-state index is -5.62. The van der Waals surface area contributed by atoms with Crippen LogP contribution in [0.15, 0.2) is 0 Å². The molecule has 0 aliphatic carbocycles. The second-order valence-electron chi connectivity index (χ2n) is 2.99. The molecule has 0 amide bonds. The number of hydrogen-bond donors (Lipinski definition) is 2. The molecule has 0 aromatic rings. The normalized spacial score (nSPS) is 18.3. The molecule has 160 valence electrons. The van der Waals surface area contributed by atoms with Gasteiger partial charge in [-0.3, -0.25) is 0 Å². The van der Waals surface area contributed by atoms with Gasteiger partial charge in [-0.15, -0.1) is 0 Å². The van der Waals surface area contributed by atoms with Gasteiger partial charge in [-0.05, 0) is 15.2 Å². The number of halogens is 2. The van der Waals surface area contributed by atoms with Gasteiger partial charge in [0.05, 0.1) is 23.7 Å². The quantitative estimate of drug-likeness (QED) is 0.192. The molecule has 0 aliphatic heterocycles. The molecule has 0 bridgehead atoms. The average Bonchev–Trinajstić information content (AvgIpc) is 2.35. The van der Waals surface area contributed by atoms with E-state index >= 15 is 0 Å². The Bertz CT molecular complexity index is 498. The summed E-state index contributed by atoms with van der Waals surface area (Å²) in [5.41, 5.74) is -6.26. The van der Waals surface area contributed by atoms with Crippen molar-refractivity contribution < 1.29 is 127 Å². The molecule has 0 aliphatic rings. The van der Waals surface area contributed by atoms with E-state index in [9.17, 15) is 47.6 Å². The van der Waals surface area contributed by atoms with Crippen LogP contribution in [0.25, 0.3) is 0 Å². The van der Waals surface area contributed by atoms with E-state index in [1.165, 1.54) is 0 Å². The molecule has 0 radical (unpaired) electrons. The predicted molar refractivity (Wildman–Crippen MR) is 56.3 cm³/mol. The van der Waals surface area contributed by atoms with Crippen LogP contribution in [0, 0.1) is 0 Å². The molecular formula is C2H4Cl2O14P4Pd3. The molecule has 2 N–H and O–H groups in total. The zero-order valence-electron chi connectivity index (χ0n) is 10.4. The van der Waals surface area contributed by atoms with Gasteiger partial charge in [0, 0.05) is 0 Å². The Morgan fingerprint density at radius 3 is 0.840 bits per heavy atom. The Morgan fingerprint density at radius 1 is 0.640 bits per heavy atom. The fourth-order valence-electron chi connectivity index (χ4n) is 0.418. The molecule has 0 heterocycles. The van der Waals surface area contributed by atoms with Crippen molar-refractivity contribution in [1.82, 2.24) is 0 Å². The van der Waals surface area contributed by atoms with E-state index in [4.69, 9.17) is 10.2 Å². The maximum atomic E-state index is 10.2. The molecule has 0 saturated carbocycles. The predicted octanol–water partition coefficient (Wildman–Crippen LogP) is -4.21. The van der Waals surface area contributed by atoms with Crippen LogP contribution in [0.5, 0.6) is 0 Å². The van der Waals surface area contributed by atoms with Crippen LogP contribution < -0.4 is 29.4 Å². The molecule has 0 saturated heterocycles. The number of rotatable bonds is 6. The SMILES string of the molecule is O=P([O-])([O-])C(O)P(=O)([O-])OCl.O=P([O-])([O-])C(O)P(=O)([O-])OCl.[Pd+2].[Pd+2].[Pd+2]. The zero-order valence-corrected chi connectivity index (χ0v) is 20.2. The van der Waals surface area contributed by atoms with Gasteiger partial charge >= 0.3 is 61.3 Å². The molecule has 4 unspecified atom stereocenters. The first-order chi connectivity index (χ1) is 9.43. The van der Waals surface area contributed by atoms with Crippen molar-refractivity contribution in [3.05, 3.63) is 0 Å². The Hall–Kier alpha value is 3.09. The van der Waals surface area contributed by atoms with Crippen LogP contribution >= 0.6 is 54.1 Å². The van der Waals surface area contributed by atoms with Crippen LogP contribution in [-0.4, -0.2) is 21.4 Å². The topological polar surface area (TPSA) is 266 Å². The molecule has 0 fully saturated rings. The van der Waals surface area contributed by atoms with Crippen molar-refractivity contribution in [2.75, 3.05) is 0 Å². The standard InChI is InChI=1S/2CH5ClO7P2.3Pd/c2*2-9-11(7,8)1(3)10(4,5)6;;;/h2*1,3H,(H,7,8)(H2,4,5,6);;;/q;;3*+2/p-6. The number of hydrogen-bond acceptors (Lipinski definition) is 14. The van der Waals surface area contributed by atoms with Gasteiger partial charge in [-0.1, -0.05) is 0 Å². The van der Waals surface area contributed by atoms with Crippen molar-refractivity contribution >= 4 is 54.1 Å². The monoisotopic (exact) mass is 764 g/mol. The van der Waals surface area contributed by atoms with Crippen LogP contribution in [-0.2, 0) is 87.7 Å². The van der Waals surface area contributed by atoms with Crippen molar-refractivity contribution in [1.29, 1.82) is 0 Å². The van der Waals surface area contributed by atoms with Crippen molar-refractivity contribution in [3.8, 4) is 0 Å². The third-order valence-corrected chi connectivity index (χ3v) is 8.52. The van der Waals surface area contributed by atoms with Crippen LogP contribution in [0.2, 0.25) is 0 Å². The van der Waals surface area contributed by atoms with E-state index in [0.717, 1.165) is 0 Å². The van der Waals surface area contributed by atoms with E-state index in [0.29, 0.717) is 0 Å². The van der Waals surface area contributed by atoms with E-state index in [-0.39, 0.29) is 61.3 Å². The molecular weight excluding hydrogens is 762 g/mol. The summed E-state index contributed by atoms with van der Waals surface area (Å²) in [5, 5.41) is 16.5. The van der Waals surface area contributed by atoms with Crippen molar-refractivity contribution in [2.24, 2.45) is 0 Å². The van der Waals surface area contributed by atoms with Gasteiger partial charge in [0.15, 0.2) is 15.2 Å². The molecule has 0 aromatic heterocycles. The van der Waals surface area contributed by atoms with Gasteiger partial charge in [-0.25, -0.2) is 8.15 Å². The zero-order chi connectivity index (χ0) is 18.6. The van der Waals surface area contributed by atoms with E-state index in [1.807, 2.05) is 0 Å². The first kappa shape index (κ1) is 38.7. The summed E-state index contributed by atoms with van der Waals surface area (Å²) >= 11 is 8.52. The van der Waals surface area contributed by atoms with Gasteiger partial charge in [0.1, 0.15) is 11.2 Å². The Labute approximate surface area is 191 Å². The van der Waals surface area contributed by atoms with Crippen LogP contribution in [0.1, 0.15) is 0 Å². The minimum absolute atomic E-state index is 0. The molecule has 23 heteroatoms. The van der Waals surface area contributed by atoms with Gasteiger partial charge < -0.3 is 57.8 Å². The van der Waals surface area contributed by atoms with Gasteiger partial charge in [-0.2, -0.15) is 0 Å². The molecule has 0 rings (SSSR count). The molecule has 0 aromatic carbocycles. The summed E-state index contributed by atoms with van der Waals surface area (Å²) in [6.07, 6.45) is 0. The first-order valence-electron chi connectivity index (χ1n) is 4.05. The summed E-state index contributed by atoms with van der Waals surface area (Å²) in [6, 6.07) is 0. The summed E-state index contributed by atoms with van der Waals surface area (Å²) < 4.78 is 46.2. The molecule has 14 nitrogen and oxygen atoms in total. The van der Waals surface area contributed by atoms with Crippen LogP contribution in [0.4, 0.5) is 0 Å². The smallest absolute Gasteiger partial charge is 0.809 e. The molecule has 0 spiro atoms. The third-order valence-electron chi connectivity index (χ3n) is 1.32. The molecule has 4 atom stereocenters. The van der Waals surface area contributed by atoms with Gasteiger partial charge in [0.25, 0.3) is 0 Å². The largest absolute Gasteiger partial charge is 2.00 e. The van der Waals surface area contributed by atoms with Gasteiger partial charge in [0.2, 0.25) is 0 Å². The minimum Gasteiger partial charge on any atom is -0.809 e. The summed E-state index contributed by atoms with van der Waals surface area (Å²) in [5.74, 6) is 0.